The van der Waals surface area contributed by atoms with E-state index in [0.717, 1.165) is 18.8 Å². The average Bonchev–Trinajstić information content (AvgIpc) is 2.71. The molecule has 1 unspecified atom stereocenters. The molecule has 3 aromatic rings. The largest absolute Gasteiger partial charge is 0.277 e. The summed E-state index contributed by atoms with van der Waals surface area (Å²) in [5.41, 5.74) is 6.15. The van der Waals surface area contributed by atoms with Crippen molar-refractivity contribution in [3.05, 3.63) is 83.6 Å². The van der Waals surface area contributed by atoms with E-state index in [4.69, 9.17) is 4.99 Å². The van der Waals surface area contributed by atoms with Crippen molar-refractivity contribution in [2.45, 2.75) is 26.6 Å². The maximum absolute atomic E-state index is 4.99. The van der Waals surface area contributed by atoms with Gasteiger partial charge in [-0.2, -0.15) is 4.57 Å². The van der Waals surface area contributed by atoms with Gasteiger partial charge in [-0.05, 0) is 44.2 Å². The molecule has 2 heterocycles. The zero-order valence-electron chi connectivity index (χ0n) is 16.3. The summed E-state index contributed by atoms with van der Waals surface area (Å²) in [6, 6.07) is 23.5. The number of hydrogen-bond donors (Lipinski definition) is 0. The number of hydrogen-bond acceptors (Lipinski definition) is 2. The molecule has 0 saturated carbocycles. The van der Waals surface area contributed by atoms with Crippen LogP contribution < -0.4 is 4.57 Å². The molecule has 2 aromatic carbocycles. The van der Waals surface area contributed by atoms with Crippen molar-refractivity contribution >= 4 is 22.7 Å². The fourth-order valence-corrected chi connectivity index (χ4v) is 3.87. The average molecular weight is 356 g/mol. The number of aryl methyl sites for hydroxylation is 1. The summed E-state index contributed by atoms with van der Waals surface area (Å²) in [4.78, 5) is 7.30. The van der Waals surface area contributed by atoms with Gasteiger partial charge in [0.2, 0.25) is 11.2 Å². The molecule has 3 nitrogen and oxygen atoms in total. The molecular formula is C24H26N3+. The highest BCUT2D eigenvalue weighted by Crippen LogP contribution is 2.27. The van der Waals surface area contributed by atoms with Crippen LogP contribution in [0.15, 0.2) is 77.3 Å². The highest BCUT2D eigenvalue weighted by molar-refractivity contribution is 6.03. The molecule has 3 heteroatoms. The van der Waals surface area contributed by atoms with Crippen LogP contribution >= 0.6 is 0 Å². The van der Waals surface area contributed by atoms with E-state index in [1.165, 1.54) is 27.7 Å². The van der Waals surface area contributed by atoms with E-state index in [9.17, 15) is 0 Å². The minimum Gasteiger partial charge on any atom is -0.277 e. The highest BCUT2D eigenvalue weighted by atomic mass is 15.2. The molecule has 1 aromatic heterocycles. The third-order valence-electron chi connectivity index (χ3n) is 5.33. The summed E-state index contributed by atoms with van der Waals surface area (Å²) >= 11 is 0. The van der Waals surface area contributed by atoms with Crippen LogP contribution in [0.5, 0.6) is 0 Å². The van der Waals surface area contributed by atoms with Crippen LogP contribution in [0.4, 0.5) is 0 Å². The van der Waals surface area contributed by atoms with Crippen LogP contribution in [0.3, 0.4) is 0 Å². The zero-order valence-corrected chi connectivity index (χ0v) is 16.3. The Labute approximate surface area is 161 Å². The summed E-state index contributed by atoms with van der Waals surface area (Å²) in [5, 5.41) is 1.27. The fraction of sp³-hybridized carbons (Fsp3) is 0.250. The first-order valence-electron chi connectivity index (χ1n) is 9.59. The quantitative estimate of drug-likeness (QED) is 0.626. The van der Waals surface area contributed by atoms with Gasteiger partial charge in [0.15, 0.2) is 0 Å². The number of nitrogens with zero attached hydrogens (tertiary/aromatic N) is 3. The smallest absolute Gasteiger partial charge is 0.212 e. The maximum atomic E-state index is 4.99. The third kappa shape index (κ3) is 3.43. The van der Waals surface area contributed by atoms with E-state index in [1.54, 1.807) is 0 Å². The summed E-state index contributed by atoms with van der Waals surface area (Å²) in [5.74, 6) is 0. The van der Waals surface area contributed by atoms with Crippen molar-refractivity contribution in [2.24, 2.45) is 4.99 Å². The van der Waals surface area contributed by atoms with Gasteiger partial charge in [0.05, 0.1) is 0 Å². The number of rotatable bonds is 3. The summed E-state index contributed by atoms with van der Waals surface area (Å²) in [6.07, 6.45) is 2.39. The van der Waals surface area contributed by atoms with E-state index in [1.807, 2.05) is 0 Å². The lowest BCUT2D eigenvalue weighted by atomic mass is 10.0. The topological polar surface area (TPSA) is 19.5 Å². The Kier molecular flexibility index (Phi) is 4.87. The summed E-state index contributed by atoms with van der Waals surface area (Å²) in [7, 11) is 2.15. The van der Waals surface area contributed by atoms with Crippen molar-refractivity contribution in [1.29, 1.82) is 0 Å². The van der Waals surface area contributed by atoms with E-state index in [0.29, 0.717) is 0 Å². The Balaban J connectivity index is 1.74. The molecule has 0 radical (unpaired) electrons. The van der Waals surface area contributed by atoms with Gasteiger partial charge >= 0.3 is 0 Å². The molecule has 1 aliphatic rings. The van der Waals surface area contributed by atoms with Crippen molar-refractivity contribution in [2.75, 3.05) is 13.6 Å². The molecule has 1 atom stereocenters. The van der Waals surface area contributed by atoms with E-state index in [2.05, 4.69) is 103 Å². The Bertz CT molecular complexity index is 1020. The monoisotopic (exact) mass is 356 g/mol. The SMILES string of the molecule is CC[n+]1c(C=C2CN(C)C(c3ccccc3)N=C2C)ccc2ccccc21. The van der Waals surface area contributed by atoms with Gasteiger partial charge in [-0.15, -0.1) is 0 Å². The Morgan fingerprint density at radius 3 is 2.56 bits per heavy atom. The second-order valence-electron chi connectivity index (χ2n) is 7.14. The zero-order chi connectivity index (χ0) is 18.8. The molecule has 0 amide bonds. The van der Waals surface area contributed by atoms with Crippen LogP contribution in [0.1, 0.15) is 31.3 Å². The summed E-state index contributed by atoms with van der Waals surface area (Å²) in [6.45, 7) is 6.17. The summed E-state index contributed by atoms with van der Waals surface area (Å²) < 4.78 is 2.37. The number of aromatic nitrogens is 1. The van der Waals surface area contributed by atoms with Gasteiger partial charge < -0.3 is 0 Å². The first-order chi connectivity index (χ1) is 13.2. The van der Waals surface area contributed by atoms with Gasteiger partial charge in [0.25, 0.3) is 0 Å². The molecule has 0 N–H and O–H groups in total. The first kappa shape index (κ1) is 17.6. The van der Waals surface area contributed by atoms with Gasteiger partial charge in [0, 0.05) is 35.9 Å². The van der Waals surface area contributed by atoms with Crippen molar-refractivity contribution in [1.82, 2.24) is 4.90 Å². The fourth-order valence-electron chi connectivity index (χ4n) is 3.87. The molecule has 4 rings (SSSR count). The third-order valence-corrected chi connectivity index (χ3v) is 5.33. The number of aliphatic imine (C=N–C) groups is 1. The number of benzene rings is 2. The second-order valence-corrected chi connectivity index (χ2v) is 7.14. The van der Waals surface area contributed by atoms with Crippen LogP contribution in [-0.4, -0.2) is 24.2 Å². The molecule has 0 bridgehead atoms. The molecule has 0 aliphatic carbocycles. The first-order valence-corrected chi connectivity index (χ1v) is 9.59. The number of pyridine rings is 1. The van der Waals surface area contributed by atoms with Crippen molar-refractivity contribution < 1.29 is 4.57 Å². The van der Waals surface area contributed by atoms with Crippen LogP contribution in [0.25, 0.3) is 17.0 Å². The van der Waals surface area contributed by atoms with Gasteiger partial charge in [-0.1, -0.05) is 42.5 Å². The lowest BCUT2D eigenvalue weighted by Crippen LogP contribution is -2.37. The highest BCUT2D eigenvalue weighted by Gasteiger charge is 2.24. The lowest BCUT2D eigenvalue weighted by Gasteiger charge is -2.31. The van der Waals surface area contributed by atoms with Gasteiger partial charge in [-0.25, -0.2) is 0 Å². The predicted molar refractivity (Wildman–Crippen MR) is 113 cm³/mol. The van der Waals surface area contributed by atoms with Gasteiger partial charge in [-0.3, -0.25) is 9.89 Å². The predicted octanol–water partition coefficient (Wildman–Crippen LogP) is 4.64. The number of fused-ring (bicyclic) bond motifs is 1. The minimum absolute atomic E-state index is 0.0956. The Morgan fingerprint density at radius 1 is 1.04 bits per heavy atom. The number of likely N-dealkylation sites (N-methyl/N-ethyl adjacent to an activating group) is 1. The number of para-hydroxylation sites is 1. The molecule has 0 saturated heterocycles. The van der Waals surface area contributed by atoms with Crippen LogP contribution in [0.2, 0.25) is 0 Å². The van der Waals surface area contributed by atoms with E-state index >= 15 is 0 Å². The standard InChI is InChI=1S/C24H26N3/c1-4-27-22(15-14-19-10-8-9-13-23(19)27)16-21-17-26(3)24(25-18(21)2)20-11-6-5-7-12-20/h5-16,24H,4,17H2,1-3H3/q+1. The Morgan fingerprint density at radius 2 is 1.78 bits per heavy atom. The van der Waals surface area contributed by atoms with E-state index < -0.39 is 0 Å². The van der Waals surface area contributed by atoms with E-state index in [-0.39, 0.29) is 6.17 Å². The molecule has 136 valence electrons. The minimum atomic E-state index is 0.0956. The Hall–Kier alpha value is -2.78. The van der Waals surface area contributed by atoms with Crippen molar-refractivity contribution in [3.63, 3.8) is 0 Å². The normalized spacial score (nSPS) is 19.4. The van der Waals surface area contributed by atoms with Crippen LogP contribution in [0, 0.1) is 0 Å². The van der Waals surface area contributed by atoms with Crippen LogP contribution in [-0.2, 0) is 6.54 Å². The molecule has 27 heavy (non-hydrogen) atoms. The molecule has 1 aliphatic heterocycles. The molecular weight excluding hydrogens is 330 g/mol. The van der Waals surface area contributed by atoms with Gasteiger partial charge in [0.1, 0.15) is 12.7 Å². The molecule has 0 spiro atoms. The van der Waals surface area contributed by atoms with Crippen molar-refractivity contribution in [3.8, 4) is 0 Å². The maximum Gasteiger partial charge on any atom is 0.212 e. The lowest BCUT2D eigenvalue weighted by molar-refractivity contribution is -0.669. The molecule has 0 fully saturated rings. The second kappa shape index (κ2) is 7.45.